The molecule has 0 saturated carbocycles. The zero-order chi connectivity index (χ0) is 5.91. The van der Waals surface area contributed by atoms with Gasteiger partial charge in [-0.2, -0.15) is 0 Å². The third-order valence-electron chi connectivity index (χ3n) is 0.771. The third kappa shape index (κ3) is 84.6. The number of quaternary nitrogens is 1. The van der Waals surface area contributed by atoms with Crippen LogP contribution in [-0.4, -0.2) is 43.9 Å². The molecule has 108 valence electrons. The van der Waals surface area contributed by atoms with Gasteiger partial charge in [-0.1, -0.05) is 0 Å². The number of likely N-dealkylation sites (N-methyl/N-ethyl adjacent to an activating group) is 1. The zero-order valence-corrected chi connectivity index (χ0v) is 15.0. The van der Waals surface area contributed by atoms with Crippen LogP contribution in [0.3, 0.4) is 0 Å². The average Bonchev–Trinajstić information content (AvgIpc) is 1.30. The molecule has 0 aromatic heterocycles. The van der Waals surface area contributed by atoms with Crippen LogP contribution in [0.4, 0.5) is 0 Å². The van der Waals surface area contributed by atoms with Crippen molar-refractivity contribution in [2.45, 2.75) is 0 Å². The minimum absolute atomic E-state index is 0. The topological polar surface area (TPSA) is 20.2 Å². The van der Waals surface area contributed by atoms with Gasteiger partial charge in [0.05, 0.1) is 27.7 Å². The first-order valence-electron chi connectivity index (χ1n) is 2.47. The van der Waals surface area contributed by atoms with Gasteiger partial charge in [-0.3, -0.25) is 0 Å². The smallest absolute Gasteiger partial charge is 0.101 e. The van der Waals surface area contributed by atoms with Gasteiger partial charge in [0.1, 0.15) is 6.54 Å². The fraction of sp³-hybridized carbons (Fsp3) is 1.00. The molecule has 0 saturated heterocycles. The minimum Gasteiger partial charge on any atom is -1.00 e. The first-order chi connectivity index (χ1) is 3.06. The lowest BCUT2D eigenvalue weighted by atomic mass is 10.5. The lowest BCUT2D eigenvalue weighted by Gasteiger charge is -2.21. The summed E-state index contributed by atoms with van der Waals surface area (Å²) >= 11 is 0. The second kappa shape index (κ2) is 36.0. The lowest BCUT2D eigenvalue weighted by molar-refractivity contribution is -0.870. The van der Waals surface area contributed by atoms with Crippen molar-refractivity contribution in [1.82, 2.24) is 0 Å². The van der Waals surface area contributed by atoms with Crippen LogP contribution in [0, 0.1) is 0 Å². The second-order valence-corrected chi connectivity index (χ2v) is 2.74. The molecule has 0 aromatic rings. The largest absolute Gasteiger partial charge is 1.00 e. The molecule has 1 N–H and O–H groups in total. The first kappa shape index (κ1) is 67.0. The lowest BCUT2D eigenvalue weighted by Crippen LogP contribution is -3.00. The van der Waals surface area contributed by atoms with Gasteiger partial charge >= 0.3 is 0 Å². The Morgan fingerprint density at radius 2 is 0.933 bits per heavy atom. The predicted octanol–water partition coefficient (Wildman–Crippen LogP) is -0.358. The van der Waals surface area contributed by atoms with Gasteiger partial charge in [0.15, 0.2) is 0 Å². The van der Waals surface area contributed by atoms with Gasteiger partial charge < -0.3 is 22.0 Å². The molecule has 0 aliphatic rings. The Hall–Kier alpha value is 2.24. The summed E-state index contributed by atoms with van der Waals surface area (Å²) < 4.78 is 0.844. The summed E-state index contributed by atoms with van der Waals surface area (Å²) in [7, 11) is 6.16. The van der Waals surface area contributed by atoms with Gasteiger partial charge in [-0.25, -0.2) is 0 Å². The number of hydrogen-bond acceptors (Lipinski definition) is 1. The minimum atomic E-state index is 0. The Kier molecular flexibility index (Phi) is 161. The highest BCUT2D eigenvalue weighted by Crippen LogP contribution is 1.84. The van der Waals surface area contributed by atoms with E-state index in [4.69, 9.17) is 5.11 Å². The SMILES string of the molecule is C[N+](C)(C)CCO.Cl.Cl.Cl.Cl.Cl.Cl.Cl.[Cl-]. The monoisotopic (exact) mass is 391 g/mol. The first-order valence-corrected chi connectivity index (χ1v) is 2.47. The molecule has 0 heterocycles. The van der Waals surface area contributed by atoms with Crippen LogP contribution in [0.5, 0.6) is 0 Å². The van der Waals surface area contributed by atoms with Crippen molar-refractivity contribution in [3.05, 3.63) is 0 Å². The molecule has 0 spiro atoms. The van der Waals surface area contributed by atoms with Crippen molar-refractivity contribution in [1.29, 1.82) is 0 Å². The van der Waals surface area contributed by atoms with Gasteiger partial charge in [0, 0.05) is 0 Å². The molecule has 2 nitrogen and oxygen atoms in total. The standard InChI is InChI=1S/C5H14NO.8ClH/c1-6(2,3)4-5-7;;;;;;;;/h7H,4-5H2,1-3H3;8*1H/q+1;;;;;;;;/p-1. The van der Waals surface area contributed by atoms with Gasteiger partial charge in [0.2, 0.25) is 0 Å². The molecule has 10 heteroatoms. The van der Waals surface area contributed by atoms with E-state index in [9.17, 15) is 0 Å². The molecule has 0 unspecified atom stereocenters. The molecule has 0 bridgehead atoms. The summed E-state index contributed by atoms with van der Waals surface area (Å²) in [6.45, 7) is 1.11. The fourth-order valence-corrected chi connectivity index (χ4v) is 0.300. The van der Waals surface area contributed by atoms with E-state index in [0.29, 0.717) is 0 Å². The van der Waals surface area contributed by atoms with Crippen LogP contribution in [-0.2, 0) is 0 Å². The molecule has 0 amide bonds. The zero-order valence-electron chi connectivity index (χ0n) is 8.54. The van der Waals surface area contributed by atoms with Crippen molar-refractivity contribution < 1.29 is 22.0 Å². The summed E-state index contributed by atoms with van der Waals surface area (Å²) in [5.41, 5.74) is 0. The molecule has 0 aliphatic heterocycles. The highest BCUT2D eigenvalue weighted by atomic mass is 35.5. The average molecular weight is 395 g/mol. The van der Waals surface area contributed by atoms with E-state index >= 15 is 0 Å². The van der Waals surface area contributed by atoms with E-state index in [2.05, 4.69) is 21.1 Å². The Morgan fingerprint density at radius 3 is 0.933 bits per heavy atom. The van der Waals surface area contributed by atoms with Gasteiger partial charge in [0.25, 0.3) is 0 Å². The maximum absolute atomic E-state index is 8.39. The highest BCUT2D eigenvalue weighted by Gasteiger charge is 2.02. The number of aliphatic hydroxyl groups excluding tert-OH is 1. The van der Waals surface area contributed by atoms with E-state index in [1.165, 1.54) is 0 Å². The predicted molar refractivity (Wildman–Crippen MR) is 80.7 cm³/mol. The summed E-state index contributed by atoms with van der Waals surface area (Å²) in [6, 6.07) is 0. The van der Waals surface area contributed by atoms with Crippen molar-refractivity contribution in [2.24, 2.45) is 0 Å². The summed E-state index contributed by atoms with van der Waals surface area (Å²) in [6.07, 6.45) is 0. The van der Waals surface area contributed by atoms with Crippen molar-refractivity contribution in [3.8, 4) is 0 Å². The summed E-state index contributed by atoms with van der Waals surface area (Å²) in [5, 5.41) is 8.39. The van der Waals surface area contributed by atoms with Gasteiger partial charge in [-0.05, 0) is 0 Å². The number of hydrogen-bond donors (Lipinski definition) is 1. The Bertz CT molecular complexity index is 61.5. The Balaban J connectivity index is -0.00000000643. The fourth-order valence-electron chi connectivity index (χ4n) is 0.300. The quantitative estimate of drug-likeness (QED) is 0.634. The molecule has 0 rings (SSSR count). The van der Waals surface area contributed by atoms with Crippen molar-refractivity contribution in [2.75, 3.05) is 34.3 Å². The molecule has 0 atom stereocenters. The van der Waals surface area contributed by atoms with Crippen LogP contribution >= 0.6 is 86.8 Å². The Labute approximate surface area is 142 Å². The van der Waals surface area contributed by atoms with E-state index in [1.54, 1.807) is 0 Å². The number of aliphatic hydroxyl groups is 1. The van der Waals surface area contributed by atoms with E-state index in [0.717, 1.165) is 11.0 Å². The molecule has 0 aromatic carbocycles. The number of rotatable bonds is 2. The number of nitrogens with zero attached hydrogens (tertiary/aromatic N) is 1. The van der Waals surface area contributed by atoms with Crippen molar-refractivity contribution in [3.63, 3.8) is 0 Å². The maximum Gasteiger partial charge on any atom is 0.101 e. The van der Waals surface area contributed by atoms with E-state index in [-0.39, 0.29) is 106 Å². The molecule has 0 radical (unpaired) electrons. The van der Waals surface area contributed by atoms with Crippen molar-refractivity contribution >= 4 is 86.8 Å². The second-order valence-electron chi connectivity index (χ2n) is 2.74. The van der Waals surface area contributed by atoms with Crippen LogP contribution in [0.25, 0.3) is 0 Å². The van der Waals surface area contributed by atoms with Crippen LogP contribution in [0.1, 0.15) is 0 Å². The normalized spacial score (nSPS) is 5.60. The maximum atomic E-state index is 8.39. The summed E-state index contributed by atoms with van der Waals surface area (Å²) in [5.74, 6) is 0. The van der Waals surface area contributed by atoms with E-state index < -0.39 is 0 Å². The molecular weight excluding hydrogens is 374 g/mol. The highest BCUT2D eigenvalue weighted by molar-refractivity contribution is 5.86. The molecule has 0 fully saturated rings. The number of halogens is 8. The molecule has 0 aliphatic carbocycles. The van der Waals surface area contributed by atoms with Crippen LogP contribution in [0.15, 0.2) is 0 Å². The molecule has 15 heavy (non-hydrogen) atoms. The van der Waals surface area contributed by atoms with Gasteiger partial charge in [-0.15, -0.1) is 86.8 Å². The van der Waals surface area contributed by atoms with E-state index in [1.807, 2.05) is 0 Å². The third-order valence-corrected chi connectivity index (χ3v) is 0.771. The summed E-state index contributed by atoms with van der Waals surface area (Å²) in [4.78, 5) is 0. The van der Waals surface area contributed by atoms with Crippen LogP contribution in [0.2, 0.25) is 0 Å². The molecular formula is C5H21Cl8NO. The van der Waals surface area contributed by atoms with Crippen LogP contribution < -0.4 is 12.4 Å². The Morgan fingerprint density at radius 1 is 0.733 bits per heavy atom.